The van der Waals surface area contributed by atoms with Crippen molar-refractivity contribution in [3.63, 3.8) is 0 Å². The van der Waals surface area contributed by atoms with Crippen molar-refractivity contribution in [1.82, 2.24) is 4.57 Å². The number of ether oxygens (including phenoxy) is 3. The highest BCUT2D eigenvalue weighted by atomic mass is 79.9. The average Bonchev–Trinajstić information content (AvgIpc) is 3.52. The van der Waals surface area contributed by atoms with Crippen LogP contribution in [0.4, 0.5) is 0 Å². The first-order valence-corrected chi connectivity index (χ1v) is 15.3. The number of halogens is 3. The molecule has 3 heterocycles. The Kier molecular flexibility index (Phi) is 8.98. The van der Waals surface area contributed by atoms with Crippen LogP contribution in [0.5, 0.6) is 11.5 Å². The summed E-state index contributed by atoms with van der Waals surface area (Å²) in [5.41, 5.74) is 1.63. The summed E-state index contributed by atoms with van der Waals surface area (Å²) in [5, 5.41) is 0.960. The number of thiazole rings is 1. The highest BCUT2D eigenvalue weighted by molar-refractivity contribution is 9.10. The van der Waals surface area contributed by atoms with E-state index in [2.05, 4.69) is 20.9 Å². The average molecular weight is 692 g/mol. The van der Waals surface area contributed by atoms with Crippen LogP contribution in [0.3, 0.4) is 0 Å². The predicted molar refractivity (Wildman–Crippen MR) is 166 cm³/mol. The second-order valence-corrected chi connectivity index (χ2v) is 11.8. The van der Waals surface area contributed by atoms with Crippen LogP contribution in [-0.4, -0.2) is 30.9 Å². The van der Waals surface area contributed by atoms with Gasteiger partial charge in [0.15, 0.2) is 16.3 Å². The molecule has 0 N–H and O–H groups in total. The van der Waals surface area contributed by atoms with Gasteiger partial charge in [-0.25, -0.2) is 9.79 Å². The Morgan fingerprint density at radius 1 is 1.14 bits per heavy atom. The van der Waals surface area contributed by atoms with Crippen LogP contribution in [-0.2, 0) is 9.53 Å². The minimum atomic E-state index is -0.846. The molecule has 2 aromatic carbocycles. The molecule has 0 unspecified atom stereocenters. The number of carbonyl (C=O) groups excluding carboxylic acids is 1. The molecule has 0 fully saturated rings. The van der Waals surface area contributed by atoms with Crippen molar-refractivity contribution in [2.24, 2.45) is 4.99 Å². The Labute approximate surface area is 263 Å². The number of allylic oxidation sites excluding steroid dienone is 1. The summed E-state index contributed by atoms with van der Waals surface area (Å²) in [7, 11) is 1.53. The molecule has 0 saturated carbocycles. The van der Waals surface area contributed by atoms with E-state index in [0.717, 1.165) is 0 Å². The first-order chi connectivity index (χ1) is 20.2. The summed E-state index contributed by atoms with van der Waals surface area (Å²) >= 11 is 17.2. The number of methoxy groups -OCH3 is 1. The van der Waals surface area contributed by atoms with Gasteiger partial charge in [-0.3, -0.25) is 9.36 Å². The van der Waals surface area contributed by atoms with Crippen molar-refractivity contribution < 1.29 is 23.4 Å². The molecule has 1 atom stereocenters. The lowest BCUT2D eigenvalue weighted by Gasteiger charge is -2.26. The Hall–Kier alpha value is -3.31. The van der Waals surface area contributed by atoms with Gasteiger partial charge in [0.1, 0.15) is 11.5 Å². The number of hydrogen-bond donors (Lipinski definition) is 0. The lowest BCUT2D eigenvalue weighted by molar-refractivity contribution is -0.139. The molecule has 1 aliphatic rings. The molecule has 2 aromatic heterocycles. The monoisotopic (exact) mass is 690 g/mol. The van der Waals surface area contributed by atoms with Gasteiger partial charge < -0.3 is 18.6 Å². The van der Waals surface area contributed by atoms with Gasteiger partial charge in [0.2, 0.25) is 0 Å². The third kappa shape index (κ3) is 5.68. The molecule has 8 nitrogen and oxygen atoms in total. The van der Waals surface area contributed by atoms with Crippen molar-refractivity contribution in [3.8, 4) is 22.8 Å². The van der Waals surface area contributed by atoms with Crippen molar-refractivity contribution in [1.29, 1.82) is 0 Å². The number of furan rings is 1. The van der Waals surface area contributed by atoms with E-state index in [4.69, 9.17) is 41.8 Å². The number of benzene rings is 2. The van der Waals surface area contributed by atoms with Gasteiger partial charge in [-0.2, -0.15) is 0 Å². The van der Waals surface area contributed by atoms with Gasteiger partial charge in [-0.1, -0.05) is 50.5 Å². The van der Waals surface area contributed by atoms with E-state index in [1.165, 1.54) is 23.0 Å². The summed E-state index contributed by atoms with van der Waals surface area (Å²) in [6.45, 7) is 5.92. The van der Waals surface area contributed by atoms with Crippen LogP contribution < -0.4 is 24.4 Å². The maximum absolute atomic E-state index is 14.0. The summed E-state index contributed by atoms with van der Waals surface area (Å²) in [4.78, 5) is 32.3. The maximum Gasteiger partial charge on any atom is 0.338 e. The predicted octanol–water partition coefficient (Wildman–Crippen LogP) is 6.53. The molecule has 5 rings (SSSR count). The van der Waals surface area contributed by atoms with E-state index in [1.54, 1.807) is 62.4 Å². The minimum Gasteiger partial charge on any atom is -0.493 e. The van der Waals surface area contributed by atoms with Gasteiger partial charge in [0.05, 0.1) is 47.2 Å². The number of aromatic nitrogens is 1. The number of esters is 1. The van der Waals surface area contributed by atoms with Gasteiger partial charge in [0.25, 0.3) is 5.56 Å². The second-order valence-electron chi connectivity index (χ2n) is 9.09. The van der Waals surface area contributed by atoms with Gasteiger partial charge in [-0.05, 0) is 68.8 Å². The first-order valence-electron chi connectivity index (χ1n) is 12.9. The first kappa shape index (κ1) is 30.2. The molecule has 0 radical (unpaired) electrons. The van der Waals surface area contributed by atoms with Crippen LogP contribution in [0.2, 0.25) is 10.0 Å². The molecule has 12 heteroatoms. The Morgan fingerprint density at radius 3 is 2.62 bits per heavy atom. The van der Waals surface area contributed by atoms with E-state index < -0.39 is 12.0 Å². The molecule has 0 bridgehead atoms. The molecule has 0 aliphatic carbocycles. The van der Waals surface area contributed by atoms with Gasteiger partial charge in [-0.15, -0.1) is 0 Å². The summed E-state index contributed by atoms with van der Waals surface area (Å²) < 4.78 is 25.2. The van der Waals surface area contributed by atoms with Crippen molar-refractivity contribution in [3.05, 3.63) is 99.3 Å². The largest absolute Gasteiger partial charge is 0.493 e. The summed E-state index contributed by atoms with van der Waals surface area (Å²) in [5.74, 6) is 1.39. The fourth-order valence-electron chi connectivity index (χ4n) is 4.67. The number of carbonyl (C=O) groups is 1. The lowest BCUT2D eigenvalue weighted by atomic mass is 9.95. The molecule has 1 aliphatic heterocycles. The Balaban J connectivity index is 1.68. The zero-order chi connectivity index (χ0) is 30.1. The minimum absolute atomic E-state index is 0.166. The maximum atomic E-state index is 14.0. The topological polar surface area (TPSA) is 92.3 Å². The van der Waals surface area contributed by atoms with Crippen LogP contribution >= 0.6 is 50.5 Å². The standard InChI is InChI=1S/C30H25BrCl2N2O6S/c1-5-39-24-14-20(31)19(13-23(24)38-4)27-26(29(37)40-6-2)15(3)34-30-35(27)28(36)25(42-30)12-17-8-10-22(41-17)18-9-7-16(32)11-21(18)33/h7-14,27H,5-6H2,1-4H3/b25-12+/t27-/m0/s1. The van der Waals surface area contributed by atoms with E-state index >= 15 is 0 Å². The molecular formula is C30H25BrCl2N2O6S. The van der Waals surface area contributed by atoms with E-state index in [1.807, 2.05) is 6.92 Å². The molecule has 0 saturated heterocycles. The van der Waals surface area contributed by atoms with Crippen molar-refractivity contribution in [2.45, 2.75) is 26.8 Å². The number of nitrogens with zero attached hydrogens (tertiary/aromatic N) is 2. The van der Waals surface area contributed by atoms with E-state index in [0.29, 0.717) is 70.3 Å². The zero-order valence-electron chi connectivity index (χ0n) is 23.0. The third-order valence-corrected chi connectivity index (χ3v) is 8.71. The Morgan fingerprint density at radius 2 is 1.93 bits per heavy atom. The van der Waals surface area contributed by atoms with Gasteiger partial charge >= 0.3 is 5.97 Å². The zero-order valence-corrected chi connectivity index (χ0v) is 26.9. The number of hydrogen-bond acceptors (Lipinski definition) is 8. The highest BCUT2D eigenvalue weighted by Crippen LogP contribution is 2.41. The van der Waals surface area contributed by atoms with Crippen LogP contribution in [0.15, 0.2) is 72.4 Å². The SMILES string of the molecule is CCOC(=O)C1=C(C)N=c2s/c(=C/c3ccc(-c4ccc(Cl)cc4Cl)o3)c(=O)n2[C@H]1c1cc(OC)c(OCC)cc1Br. The molecule has 0 spiro atoms. The Bertz CT molecular complexity index is 1910. The fourth-order valence-corrected chi connectivity index (χ4v) is 6.74. The molecule has 218 valence electrons. The van der Waals surface area contributed by atoms with Crippen LogP contribution in [0, 0.1) is 0 Å². The summed E-state index contributed by atoms with van der Waals surface area (Å²) in [6.07, 6.45) is 1.64. The fraction of sp³-hybridized carbons (Fsp3) is 0.233. The lowest BCUT2D eigenvalue weighted by Crippen LogP contribution is -2.40. The number of rotatable bonds is 8. The van der Waals surface area contributed by atoms with Gasteiger partial charge in [0, 0.05) is 21.1 Å². The quantitative estimate of drug-likeness (QED) is 0.195. The van der Waals surface area contributed by atoms with Crippen molar-refractivity contribution in [2.75, 3.05) is 20.3 Å². The normalized spacial score (nSPS) is 14.9. The van der Waals surface area contributed by atoms with Crippen LogP contribution in [0.1, 0.15) is 38.1 Å². The highest BCUT2D eigenvalue weighted by Gasteiger charge is 2.35. The third-order valence-electron chi connectivity index (χ3n) is 6.49. The van der Waals surface area contributed by atoms with E-state index in [9.17, 15) is 9.59 Å². The molecule has 4 aromatic rings. The molecule has 0 amide bonds. The second kappa shape index (κ2) is 12.5. The molecular weight excluding hydrogens is 667 g/mol. The van der Waals surface area contributed by atoms with Crippen LogP contribution in [0.25, 0.3) is 17.4 Å². The molecule has 42 heavy (non-hydrogen) atoms. The summed E-state index contributed by atoms with van der Waals surface area (Å²) in [6, 6.07) is 11.3. The van der Waals surface area contributed by atoms with E-state index in [-0.39, 0.29) is 17.7 Å². The smallest absolute Gasteiger partial charge is 0.338 e. The number of fused-ring (bicyclic) bond motifs is 1. The van der Waals surface area contributed by atoms with Crippen molar-refractivity contribution >= 4 is 62.5 Å².